The van der Waals surface area contributed by atoms with Crippen LogP contribution in [0.1, 0.15) is 11.3 Å². The molecule has 17 heavy (non-hydrogen) atoms. The molecule has 0 aliphatic carbocycles. The van der Waals surface area contributed by atoms with Crippen molar-refractivity contribution in [2.45, 2.75) is 0 Å². The smallest absolute Gasteiger partial charge is 0.137 e. The molecule has 0 bridgehead atoms. The second kappa shape index (κ2) is 4.17. The van der Waals surface area contributed by atoms with Crippen LogP contribution in [0.5, 0.6) is 0 Å². The summed E-state index contributed by atoms with van der Waals surface area (Å²) in [6.07, 6.45) is 1.60. The van der Waals surface area contributed by atoms with E-state index in [9.17, 15) is 0 Å². The molecule has 2 rings (SSSR count). The van der Waals surface area contributed by atoms with Crippen molar-refractivity contribution in [2.75, 3.05) is 5.73 Å². The van der Waals surface area contributed by atoms with Crippen molar-refractivity contribution in [2.24, 2.45) is 5.73 Å². The Morgan fingerprint density at radius 1 is 1.18 bits per heavy atom. The Morgan fingerprint density at radius 2 is 1.82 bits per heavy atom. The first kappa shape index (κ1) is 11.0. The van der Waals surface area contributed by atoms with Crippen LogP contribution in [0.4, 0.5) is 5.82 Å². The van der Waals surface area contributed by atoms with Gasteiger partial charge < -0.3 is 11.5 Å². The van der Waals surface area contributed by atoms with E-state index < -0.39 is 0 Å². The zero-order chi connectivity index (χ0) is 12.4. The average Bonchev–Trinajstić information content (AvgIpc) is 2.71. The maximum Gasteiger partial charge on any atom is 0.137 e. The van der Waals surface area contributed by atoms with Crippen molar-refractivity contribution >= 4 is 17.2 Å². The first-order chi connectivity index (χ1) is 8.11. The summed E-state index contributed by atoms with van der Waals surface area (Å²) in [5, 5.41) is 0. The van der Waals surface area contributed by atoms with Gasteiger partial charge in [0.25, 0.3) is 0 Å². The molecule has 0 aliphatic rings. The van der Waals surface area contributed by atoms with Crippen molar-refractivity contribution in [1.29, 1.82) is 0 Å². The average molecular weight is 226 g/mol. The highest BCUT2D eigenvalue weighted by molar-refractivity contribution is 5.73. The van der Waals surface area contributed by atoms with Gasteiger partial charge in [-0.15, -0.1) is 0 Å². The number of nitrogens with zero attached hydrogens (tertiary/aromatic N) is 2. The maximum atomic E-state index is 5.94. The van der Waals surface area contributed by atoms with Crippen molar-refractivity contribution in [3.8, 4) is 0 Å². The van der Waals surface area contributed by atoms with Crippen molar-refractivity contribution in [3.63, 3.8) is 0 Å². The molecule has 86 valence electrons. The lowest BCUT2D eigenvalue weighted by Crippen LogP contribution is -2.04. The molecule has 0 fully saturated rings. The Kier molecular flexibility index (Phi) is 2.70. The number of imidazole rings is 1. The summed E-state index contributed by atoms with van der Waals surface area (Å²) in [5.41, 5.74) is 14.1. The Morgan fingerprint density at radius 3 is 2.35 bits per heavy atom. The number of rotatable bonds is 3. The van der Waals surface area contributed by atoms with Gasteiger partial charge in [-0.25, -0.2) is 4.98 Å². The molecule has 2 aromatic rings. The Labute approximate surface area is 99.9 Å². The predicted octanol–water partition coefficient (Wildman–Crippen LogP) is 1.91. The highest BCUT2D eigenvalue weighted by Crippen LogP contribution is 2.22. The fraction of sp³-hybridized carbons (Fsp3) is 0. The van der Waals surface area contributed by atoms with Gasteiger partial charge >= 0.3 is 0 Å². The van der Waals surface area contributed by atoms with Crippen LogP contribution in [-0.4, -0.2) is 9.55 Å². The third-order valence-corrected chi connectivity index (χ3v) is 2.51. The molecule has 0 saturated heterocycles. The van der Waals surface area contributed by atoms with Gasteiger partial charge in [0.15, 0.2) is 0 Å². The molecule has 0 saturated carbocycles. The molecule has 0 spiro atoms. The zero-order valence-corrected chi connectivity index (χ0v) is 9.43. The fourth-order valence-electron chi connectivity index (χ4n) is 1.59. The molecule has 0 unspecified atom stereocenters. The molecule has 0 amide bonds. The number of nitrogens with two attached hydrogens (primary N) is 2. The number of hydrogen-bond donors (Lipinski definition) is 2. The molecule has 1 aromatic carbocycles. The highest BCUT2D eigenvalue weighted by Gasteiger charge is 2.11. The second-order valence-corrected chi connectivity index (χ2v) is 3.69. The highest BCUT2D eigenvalue weighted by atomic mass is 15.1. The fourth-order valence-corrected chi connectivity index (χ4v) is 1.59. The van der Waals surface area contributed by atoms with Crippen LogP contribution in [0.2, 0.25) is 0 Å². The minimum absolute atomic E-state index is 0.349. The van der Waals surface area contributed by atoms with E-state index >= 15 is 0 Å². The largest absolute Gasteiger partial charge is 0.397 e. The number of aromatic nitrogens is 2. The lowest BCUT2D eigenvalue weighted by molar-refractivity contribution is 1.10. The summed E-state index contributed by atoms with van der Waals surface area (Å²) in [7, 11) is 0. The summed E-state index contributed by atoms with van der Waals surface area (Å²) >= 11 is 0. The second-order valence-electron chi connectivity index (χ2n) is 3.69. The minimum Gasteiger partial charge on any atom is -0.397 e. The van der Waals surface area contributed by atoms with Gasteiger partial charge in [-0.05, 0) is 5.56 Å². The zero-order valence-electron chi connectivity index (χ0n) is 9.43. The van der Waals surface area contributed by atoms with Crippen molar-refractivity contribution in [1.82, 2.24) is 9.55 Å². The Hall–Kier alpha value is -2.49. The number of nitrogen functional groups attached to an aromatic ring is 1. The van der Waals surface area contributed by atoms with Gasteiger partial charge in [-0.2, -0.15) is 0 Å². The lowest BCUT2D eigenvalue weighted by Gasteiger charge is -2.09. The summed E-state index contributed by atoms with van der Waals surface area (Å²) < 4.78 is 1.70. The van der Waals surface area contributed by atoms with Crippen LogP contribution in [0.25, 0.3) is 11.4 Å². The van der Waals surface area contributed by atoms with Crippen molar-refractivity contribution < 1.29 is 0 Å². The van der Waals surface area contributed by atoms with Crippen LogP contribution in [0.15, 0.2) is 49.8 Å². The molecule has 4 heteroatoms. The molecule has 4 N–H and O–H groups in total. The first-order valence-corrected chi connectivity index (χ1v) is 5.13. The van der Waals surface area contributed by atoms with Crippen LogP contribution in [-0.2, 0) is 0 Å². The Balaban J connectivity index is 2.42. The number of anilines is 1. The van der Waals surface area contributed by atoms with Gasteiger partial charge in [0, 0.05) is 5.70 Å². The SMILES string of the molecule is C=C(N)c1ncn(C(=C)c2ccccc2)c1N. The molecule has 4 nitrogen and oxygen atoms in total. The molecule has 0 radical (unpaired) electrons. The molecule has 1 aromatic heterocycles. The minimum atomic E-state index is 0.349. The normalized spacial score (nSPS) is 10.1. The lowest BCUT2D eigenvalue weighted by atomic mass is 10.2. The van der Waals surface area contributed by atoms with E-state index in [0.29, 0.717) is 17.2 Å². The topological polar surface area (TPSA) is 69.9 Å². The quantitative estimate of drug-likeness (QED) is 0.840. The predicted molar refractivity (Wildman–Crippen MR) is 70.7 cm³/mol. The van der Waals surface area contributed by atoms with Crippen LogP contribution in [0, 0.1) is 0 Å². The van der Waals surface area contributed by atoms with Crippen molar-refractivity contribution in [3.05, 3.63) is 61.1 Å². The molecular weight excluding hydrogens is 212 g/mol. The van der Waals surface area contributed by atoms with Gasteiger partial charge in [-0.1, -0.05) is 43.5 Å². The first-order valence-electron chi connectivity index (χ1n) is 5.13. The van der Waals surface area contributed by atoms with E-state index in [0.717, 1.165) is 11.3 Å². The molecule has 0 aliphatic heterocycles. The van der Waals surface area contributed by atoms with E-state index in [4.69, 9.17) is 11.5 Å². The van der Waals surface area contributed by atoms with E-state index in [2.05, 4.69) is 18.1 Å². The van der Waals surface area contributed by atoms with E-state index in [1.54, 1.807) is 10.9 Å². The Bertz CT molecular complexity index is 566. The summed E-state index contributed by atoms with van der Waals surface area (Å²) in [5.74, 6) is 0.450. The van der Waals surface area contributed by atoms with Crippen LogP contribution >= 0.6 is 0 Å². The maximum absolute atomic E-state index is 5.94. The summed E-state index contributed by atoms with van der Waals surface area (Å²) in [6, 6.07) is 9.74. The summed E-state index contributed by atoms with van der Waals surface area (Å²) in [4.78, 5) is 4.11. The van der Waals surface area contributed by atoms with E-state index in [-0.39, 0.29) is 0 Å². The standard InChI is InChI=1S/C13H14N4/c1-9(14)12-13(15)17(8-16-12)10(2)11-6-4-3-5-7-11/h3-8H,1-2,14-15H2. The van der Waals surface area contributed by atoms with E-state index in [1.165, 1.54) is 0 Å². The number of benzene rings is 1. The number of hydrogen-bond acceptors (Lipinski definition) is 3. The summed E-state index contributed by atoms with van der Waals surface area (Å²) in [6.45, 7) is 7.63. The third-order valence-electron chi connectivity index (χ3n) is 2.51. The monoisotopic (exact) mass is 226 g/mol. The molecule has 1 heterocycles. The van der Waals surface area contributed by atoms with Crippen LogP contribution in [0.3, 0.4) is 0 Å². The third kappa shape index (κ3) is 1.92. The van der Waals surface area contributed by atoms with Gasteiger partial charge in [-0.3, -0.25) is 4.57 Å². The van der Waals surface area contributed by atoms with Crippen LogP contribution < -0.4 is 11.5 Å². The molecular formula is C13H14N4. The van der Waals surface area contributed by atoms with E-state index in [1.807, 2.05) is 30.3 Å². The van der Waals surface area contributed by atoms with Gasteiger partial charge in [0.05, 0.1) is 5.70 Å². The van der Waals surface area contributed by atoms with Gasteiger partial charge in [0.2, 0.25) is 0 Å². The molecule has 0 atom stereocenters. The van der Waals surface area contributed by atoms with Gasteiger partial charge in [0.1, 0.15) is 17.8 Å².